The number of nitrogens with zero attached hydrogens (tertiary/aromatic N) is 1. The first-order valence-electron chi connectivity index (χ1n) is 8.93. The molecule has 2 aromatic carbocycles. The zero-order valence-electron chi connectivity index (χ0n) is 16.6. The lowest BCUT2D eigenvalue weighted by atomic mass is 10.1. The van der Waals surface area contributed by atoms with Crippen LogP contribution in [0, 0.1) is 0 Å². The fraction of sp³-hybridized carbons (Fsp3) is 0.136. The summed E-state index contributed by atoms with van der Waals surface area (Å²) in [7, 11) is 3.02. The highest BCUT2D eigenvalue weighted by Gasteiger charge is 2.12. The van der Waals surface area contributed by atoms with Crippen molar-refractivity contribution in [2.45, 2.75) is 6.92 Å². The first kappa shape index (κ1) is 20.7. The van der Waals surface area contributed by atoms with Crippen molar-refractivity contribution in [2.75, 3.05) is 14.2 Å². The fourth-order valence-corrected chi connectivity index (χ4v) is 2.69. The van der Waals surface area contributed by atoms with E-state index < -0.39 is 11.9 Å². The molecule has 0 saturated heterocycles. The Morgan fingerprint density at radius 1 is 0.933 bits per heavy atom. The third-order valence-electron chi connectivity index (χ3n) is 4.34. The lowest BCUT2D eigenvalue weighted by Crippen LogP contribution is -2.19. The summed E-state index contributed by atoms with van der Waals surface area (Å²) in [6.45, 7) is 1.76. The topological polar surface area (TPSA) is 110 Å². The van der Waals surface area contributed by atoms with Crippen molar-refractivity contribution in [2.24, 2.45) is 5.10 Å². The van der Waals surface area contributed by atoms with Gasteiger partial charge in [0, 0.05) is 17.2 Å². The van der Waals surface area contributed by atoms with E-state index in [0.29, 0.717) is 28.5 Å². The van der Waals surface area contributed by atoms with Gasteiger partial charge in [0.1, 0.15) is 17.3 Å². The number of hydrogen-bond donors (Lipinski definition) is 2. The monoisotopic (exact) mass is 408 g/mol. The van der Waals surface area contributed by atoms with Gasteiger partial charge in [-0.2, -0.15) is 5.10 Å². The minimum absolute atomic E-state index is 0.122. The lowest BCUT2D eigenvalue weighted by Gasteiger charge is -2.08. The van der Waals surface area contributed by atoms with E-state index in [1.165, 1.54) is 20.3 Å². The number of carboxylic acids is 1. The number of methoxy groups -OCH3 is 2. The maximum atomic E-state index is 12.4. The molecule has 1 amide bonds. The number of furan rings is 1. The molecule has 154 valence electrons. The Kier molecular flexibility index (Phi) is 6.17. The van der Waals surface area contributed by atoms with Crippen LogP contribution in [0.2, 0.25) is 0 Å². The van der Waals surface area contributed by atoms with E-state index in [2.05, 4.69) is 10.5 Å². The van der Waals surface area contributed by atoms with Gasteiger partial charge in [-0.25, -0.2) is 10.2 Å². The Morgan fingerprint density at radius 2 is 1.57 bits per heavy atom. The average Bonchev–Trinajstić information content (AvgIpc) is 3.27. The Bertz CT molecular complexity index is 1080. The fourth-order valence-electron chi connectivity index (χ4n) is 2.69. The smallest absolute Gasteiger partial charge is 0.371 e. The number of carbonyl (C=O) groups excluding carboxylic acids is 1. The van der Waals surface area contributed by atoms with Gasteiger partial charge in [0.15, 0.2) is 0 Å². The molecular formula is C22H20N2O6. The minimum Gasteiger partial charge on any atom is -0.497 e. The van der Waals surface area contributed by atoms with Crippen LogP contribution in [0.3, 0.4) is 0 Å². The molecule has 8 nitrogen and oxygen atoms in total. The number of amides is 1. The van der Waals surface area contributed by atoms with E-state index in [9.17, 15) is 9.59 Å². The molecule has 30 heavy (non-hydrogen) atoms. The van der Waals surface area contributed by atoms with Gasteiger partial charge in [0.2, 0.25) is 5.76 Å². The summed E-state index contributed by atoms with van der Waals surface area (Å²) in [5, 5.41) is 13.1. The Balaban J connectivity index is 1.72. The third kappa shape index (κ3) is 4.67. The highest BCUT2D eigenvalue weighted by Crippen LogP contribution is 2.24. The molecule has 3 rings (SSSR count). The van der Waals surface area contributed by atoms with Crippen LogP contribution in [-0.2, 0) is 0 Å². The van der Waals surface area contributed by atoms with E-state index in [0.717, 1.165) is 11.1 Å². The highest BCUT2D eigenvalue weighted by atomic mass is 16.5. The highest BCUT2D eigenvalue weighted by molar-refractivity contribution is 6.01. The summed E-state index contributed by atoms with van der Waals surface area (Å²) in [6, 6.07) is 15.0. The molecule has 0 aliphatic rings. The molecule has 0 aliphatic carbocycles. The van der Waals surface area contributed by atoms with Crippen LogP contribution in [-0.4, -0.2) is 36.9 Å². The van der Waals surface area contributed by atoms with Gasteiger partial charge in [-0.1, -0.05) is 24.3 Å². The van der Waals surface area contributed by atoms with Crippen molar-refractivity contribution in [3.05, 3.63) is 71.5 Å². The van der Waals surface area contributed by atoms with E-state index in [1.807, 2.05) is 0 Å². The number of carbonyl (C=O) groups is 2. The number of benzene rings is 2. The molecule has 1 aromatic heterocycles. The molecular weight excluding hydrogens is 388 g/mol. The second-order valence-corrected chi connectivity index (χ2v) is 6.29. The second-order valence-electron chi connectivity index (χ2n) is 6.29. The Labute approximate surface area is 172 Å². The van der Waals surface area contributed by atoms with Gasteiger partial charge in [-0.05, 0) is 36.8 Å². The number of nitrogens with one attached hydrogen (secondary N) is 1. The maximum absolute atomic E-state index is 12.4. The zero-order valence-corrected chi connectivity index (χ0v) is 16.6. The van der Waals surface area contributed by atoms with E-state index in [4.69, 9.17) is 19.0 Å². The molecule has 3 aromatic rings. The van der Waals surface area contributed by atoms with Gasteiger partial charge in [-0.15, -0.1) is 0 Å². The summed E-state index contributed by atoms with van der Waals surface area (Å²) in [6.07, 6.45) is 0. The number of aromatic carboxylic acids is 1. The first-order valence-corrected chi connectivity index (χ1v) is 8.93. The standard InChI is InChI=1S/C22H20N2O6/c1-13(23-24-21(25)16-10-17(28-2)12-18(11-16)29-3)14-4-6-15(7-5-14)19-8-9-20(30-19)22(26)27/h4-12H,1-3H3,(H,24,25)(H,26,27)/b23-13-. The number of hydrogen-bond acceptors (Lipinski definition) is 6. The Morgan fingerprint density at radius 3 is 2.10 bits per heavy atom. The molecule has 1 heterocycles. The van der Waals surface area contributed by atoms with Crippen molar-refractivity contribution in [1.29, 1.82) is 0 Å². The summed E-state index contributed by atoms with van der Waals surface area (Å²) in [5.41, 5.74) is 4.97. The normalized spacial score (nSPS) is 11.1. The van der Waals surface area contributed by atoms with Crippen molar-refractivity contribution in [1.82, 2.24) is 5.43 Å². The molecule has 0 spiro atoms. The van der Waals surface area contributed by atoms with Gasteiger partial charge < -0.3 is 19.0 Å². The molecule has 0 saturated carbocycles. The van der Waals surface area contributed by atoms with E-state index >= 15 is 0 Å². The summed E-state index contributed by atoms with van der Waals surface area (Å²) in [5.74, 6) is -0.192. The number of rotatable bonds is 7. The van der Waals surface area contributed by atoms with Crippen molar-refractivity contribution in [3.8, 4) is 22.8 Å². The van der Waals surface area contributed by atoms with Crippen molar-refractivity contribution < 1.29 is 28.6 Å². The quantitative estimate of drug-likeness (QED) is 0.454. The lowest BCUT2D eigenvalue weighted by molar-refractivity contribution is 0.0663. The average molecular weight is 408 g/mol. The largest absolute Gasteiger partial charge is 0.497 e. The minimum atomic E-state index is -1.12. The Hall–Kier alpha value is -4.07. The molecule has 0 fully saturated rings. The van der Waals surface area contributed by atoms with Crippen LogP contribution in [0.4, 0.5) is 0 Å². The first-order chi connectivity index (χ1) is 14.4. The number of hydrazone groups is 1. The van der Waals surface area contributed by atoms with Gasteiger partial charge in [0.25, 0.3) is 5.91 Å². The summed E-state index contributed by atoms with van der Waals surface area (Å²) < 4.78 is 15.6. The van der Waals surface area contributed by atoms with Gasteiger partial charge in [0.05, 0.1) is 19.9 Å². The molecule has 0 unspecified atom stereocenters. The second kappa shape index (κ2) is 8.95. The number of carboxylic acid groups (broad SMARTS) is 1. The molecule has 2 N–H and O–H groups in total. The number of ether oxygens (including phenoxy) is 2. The van der Waals surface area contributed by atoms with Crippen LogP contribution < -0.4 is 14.9 Å². The van der Waals surface area contributed by atoms with Crippen LogP contribution in [0.25, 0.3) is 11.3 Å². The molecule has 0 aliphatic heterocycles. The van der Waals surface area contributed by atoms with Crippen LogP contribution in [0.1, 0.15) is 33.4 Å². The summed E-state index contributed by atoms with van der Waals surface area (Å²) >= 11 is 0. The molecule has 0 atom stereocenters. The maximum Gasteiger partial charge on any atom is 0.371 e. The van der Waals surface area contributed by atoms with Crippen LogP contribution in [0.15, 0.2) is 64.1 Å². The summed E-state index contributed by atoms with van der Waals surface area (Å²) in [4.78, 5) is 23.4. The predicted molar refractivity (Wildman–Crippen MR) is 110 cm³/mol. The predicted octanol–water partition coefficient (Wildman–Crippen LogP) is 3.82. The van der Waals surface area contributed by atoms with Crippen molar-refractivity contribution >= 4 is 17.6 Å². The molecule has 0 bridgehead atoms. The van der Waals surface area contributed by atoms with Crippen LogP contribution >= 0.6 is 0 Å². The third-order valence-corrected chi connectivity index (χ3v) is 4.34. The zero-order chi connectivity index (χ0) is 21.7. The van der Waals surface area contributed by atoms with Gasteiger partial charge >= 0.3 is 5.97 Å². The van der Waals surface area contributed by atoms with Crippen LogP contribution in [0.5, 0.6) is 11.5 Å². The molecule has 0 radical (unpaired) electrons. The van der Waals surface area contributed by atoms with Gasteiger partial charge in [-0.3, -0.25) is 4.79 Å². The van der Waals surface area contributed by atoms with E-state index in [-0.39, 0.29) is 5.76 Å². The van der Waals surface area contributed by atoms with Crippen molar-refractivity contribution in [3.63, 3.8) is 0 Å². The molecule has 8 heteroatoms. The SMILES string of the molecule is COc1cc(OC)cc(C(=O)N/N=C(/C)c2ccc(-c3ccc(C(=O)O)o3)cc2)c1. The van der Waals surface area contributed by atoms with E-state index in [1.54, 1.807) is 55.5 Å².